The number of hydrogen-bond donors (Lipinski definition) is 1. The quantitative estimate of drug-likeness (QED) is 0.508. The molecule has 17 heavy (non-hydrogen) atoms. The third kappa shape index (κ3) is 2.31. The lowest BCUT2D eigenvalue weighted by Crippen LogP contribution is -2.01. The van der Waals surface area contributed by atoms with Gasteiger partial charge in [-0.25, -0.2) is 9.97 Å². The van der Waals surface area contributed by atoms with Crippen molar-refractivity contribution in [2.45, 2.75) is 6.92 Å². The van der Waals surface area contributed by atoms with Crippen molar-refractivity contribution in [2.75, 3.05) is 5.32 Å². The maximum Gasteiger partial charge on any atom is 0.348 e. The Bertz CT molecular complexity index is 570. The summed E-state index contributed by atoms with van der Waals surface area (Å²) >= 11 is 5.62. The van der Waals surface area contributed by atoms with Gasteiger partial charge < -0.3 is 9.84 Å². The average Bonchev–Trinajstić information content (AvgIpc) is 2.63. The largest absolute Gasteiger partial charge is 0.360 e. The van der Waals surface area contributed by atoms with Crippen molar-refractivity contribution in [3.8, 4) is 0 Å². The van der Waals surface area contributed by atoms with Gasteiger partial charge in [0.2, 0.25) is 11.0 Å². The van der Waals surface area contributed by atoms with Gasteiger partial charge >= 0.3 is 5.69 Å². The molecule has 0 bridgehead atoms. The van der Waals surface area contributed by atoms with Gasteiger partial charge in [-0.15, -0.1) is 0 Å². The minimum absolute atomic E-state index is 0.0386. The molecule has 1 N–H and O–H groups in total. The minimum Gasteiger partial charge on any atom is -0.360 e. The summed E-state index contributed by atoms with van der Waals surface area (Å²) in [6.45, 7) is 1.69. The molecular formula is C8H6ClN5O3. The fourth-order valence-corrected chi connectivity index (χ4v) is 1.36. The summed E-state index contributed by atoms with van der Waals surface area (Å²) in [5.41, 5.74) is -0.408. The van der Waals surface area contributed by atoms with Crippen LogP contribution in [0, 0.1) is 17.0 Å². The molecule has 2 rings (SSSR count). The number of hydrogen-bond acceptors (Lipinski definition) is 7. The van der Waals surface area contributed by atoms with Gasteiger partial charge in [-0.05, 0) is 6.92 Å². The van der Waals surface area contributed by atoms with Crippen LogP contribution in [0.3, 0.4) is 0 Å². The number of rotatable bonds is 3. The van der Waals surface area contributed by atoms with E-state index in [1.165, 1.54) is 0 Å². The molecule has 0 saturated heterocycles. The van der Waals surface area contributed by atoms with Crippen molar-refractivity contribution < 1.29 is 9.45 Å². The summed E-state index contributed by atoms with van der Waals surface area (Å²) in [7, 11) is 0. The van der Waals surface area contributed by atoms with Crippen molar-refractivity contribution in [2.24, 2.45) is 0 Å². The Hall–Kier alpha value is -2.22. The predicted molar refractivity (Wildman–Crippen MR) is 58.2 cm³/mol. The normalized spacial score (nSPS) is 10.2. The van der Waals surface area contributed by atoms with Crippen LogP contribution in [0.25, 0.3) is 0 Å². The van der Waals surface area contributed by atoms with E-state index in [1.807, 2.05) is 0 Å². The van der Waals surface area contributed by atoms with Crippen LogP contribution in [0.2, 0.25) is 5.15 Å². The standard InChI is InChI=1S/C8H6ClN5O3/c1-4-2-5(13-17-4)12-8-6(14(15)16)7(9)10-3-11-8/h2-3H,1H3,(H,10,11,12,13). The van der Waals surface area contributed by atoms with Gasteiger partial charge in [0.25, 0.3) is 0 Å². The van der Waals surface area contributed by atoms with Crippen molar-refractivity contribution in [3.63, 3.8) is 0 Å². The lowest BCUT2D eigenvalue weighted by molar-refractivity contribution is -0.384. The van der Waals surface area contributed by atoms with E-state index in [0.29, 0.717) is 11.6 Å². The van der Waals surface area contributed by atoms with E-state index in [9.17, 15) is 10.1 Å². The molecule has 0 saturated carbocycles. The van der Waals surface area contributed by atoms with Gasteiger partial charge in [-0.2, -0.15) is 0 Å². The van der Waals surface area contributed by atoms with Crippen LogP contribution < -0.4 is 5.32 Å². The lowest BCUT2D eigenvalue weighted by Gasteiger charge is -2.02. The lowest BCUT2D eigenvalue weighted by atomic mass is 10.4. The minimum atomic E-state index is -0.669. The molecule has 0 spiro atoms. The Morgan fingerprint density at radius 1 is 1.53 bits per heavy atom. The molecule has 0 aliphatic heterocycles. The number of halogens is 1. The fraction of sp³-hybridized carbons (Fsp3) is 0.125. The van der Waals surface area contributed by atoms with Crippen LogP contribution in [0.5, 0.6) is 0 Å². The highest BCUT2D eigenvalue weighted by Crippen LogP contribution is 2.30. The smallest absolute Gasteiger partial charge is 0.348 e. The van der Waals surface area contributed by atoms with Crippen molar-refractivity contribution in [1.82, 2.24) is 15.1 Å². The molecule has 0 radical (unpaired) electrons. The van der Waals surface area contributed by atoms with E-state index in [1.54, 1.807) is 13.0 Å². The Balaban J connectivity index is 2.39. The number of nitrogens with one attached hydrogen (secondary N) is 1. The number of anilines is 2. The molecule has 8 nitrogen and oxygen atoms in total. The zero-order valence-corrected chi connectivity index (χ0v) is 9.30. The summed E-state index contributed by atoms with van der Waals surface area (Å²) in [6.07, 6.45) is 1.12. The highest BCUT2D eigenvalue weighted by Gasteiger charge is 2.22. The van der Waals surface area contributed by atoms with Crippen molar-refractivity contribution in [3.05, 3.63) is 33.4 Å². The zero-order valence-electron chi connectivity index (χ0n) is 8.55. The highest BCUT2D eigenvalue weighted by atomic mass is 35.5. The molecule has 0 aliphatic carbocycles. The average molecular weight is 256 g/mol. The molecule has 0 atom stereocenters. The van der Waals surface area contributed by atoms with Gasteiger partial charge in [-0.3, -0.25) is 10.1 Å². The molecule has 0 unspecified atom stereocenters. The van der Waals surface area contributed by atoms with E-state index >= 15 is 0 Å². The molecule has 0 aliphatic rings. The van der Waals surface area contributed by atoms with Crippen LogP contribution in [-0.4, -0.2) is 20.0 Å². The van der Waals surface area contributed by atoms with E-state index in [0.717, 1.165) is 6.33 Å². The highest BCUT2D eigenvalue weighted by molar-refractivity contribution is 6.31. The third-order valence-corrected chi connectivity index (χ3v) is 2.11. The molecule has 0 amide bonds. The predicted octanol–water partition coefficient (Wildman–Crippen LogP) is 2.08. The Labute approximate surface area is 99.8 Å². The summed E-state index contributed by atoms with van der Waals surface area (Å²) < 4.78 is 4.81. The molecule has 2 heterocycles. The summed E-state index contributed by atoms with van der Waals surface area (Å²) in [4.78, 5) is 17.4. The van der Waals surface area contributed by atoms with Crippen LogP contribution in [0.15, 0.2) is 16.9 Å². The monoisotopic (exact) mass is 255 g/mol. The first-order chi connectivity index (χ1) is 8.08. The second-order valence-electron chi connectivity index (χ2n) is 3.07. The first-order valence-corrected chi connectivity index (χ1v) is 4.81. The molecule has 88 valence electrons. The number of nitro groups is 1. The second kappa shape index (κ2) is 4.34. The number of aromatic nitrogens is 3. The number of nitrogens with zero attached hydrogens (tertiary/aromatic N) is 4. The molecule has 0 fully saturated rings. The summed E-state index contributed by atoms with van der Waals surface area (Å²) in [5.74, 6) is 0.832. The molecular weight excluding hydrogens is 250 g/mol. The van der Waals surface area contributed by atoms with Crippen LogP contribution in [0.4, 0.5) is 17.3 Å². The van der Waals surface area contributed by atoms with Gasteiger partial charge in [0, 0.05) is 6.07 Å². The van der Waals surface area contributed by atoms with Gasteiger partial charge in [0.15, 0.2) is 5.82 Å². The van der Waals surface area contributed by atoms with Crippen LogP contribution in [0.1, 0.15) is 5.76 Å². The first-order valence-electron chi connectivity index (χ1n) is 4.43. The number of aryl methyl sites for hydroxylation is 1. The van der Waals surface area contributed by atoms with Crippen LogP contribution in [-0.2, 0) is 0 Å². The fourth-order valence-electron chi connectivity index (χ4n) is 1.16. The third-order valence-electron chi connectivity index (χ3n) is 1.83. The Morgan fingerprint density at radius 2 is 2.29 bits per heavy atom. The molecule has 2 aromatic rings. The van der Waals surface area contributed by atoms with Gasteiger partial charge in [0.05, 0.1) is 4.92 Å². The van der Waals surface area contributed by atoms with E-state index in [4.69, 9.17) is 16.1 Å². The van der Waals surface area contributed by atoms with E-state index < -0.39 is 10.6 Å². The Morgan fingerprint density at radius 3 is 2.88 bits per heavy atom. The van der Waals surface area contributed by atoms with Gasteiger partial charge in [-0.1, -0.05) is 16.8 Å². The maximum absolute atomic E-state index is 10.8. The summed E-state index contributed by atoms with van der Waals surface area (Å²) in [5, 5.41) is 16.8. The summed E-state index contributed by atoms with van der Waals surface area (Å²) in [6, 6.07) is 1.57. The maximum atomic E-state index is 10.8. The zero-order chi connectivity index (χ0) is 12.4. The van der Waals surface area contributed by atoms with E-state index in [-0.39, 0.29) is 11.0 Å². The van der Waals surface area contributed by atoms with Gasteiger partial charge in [0.1, 0.15) is 12.1 Å². The molecule has 9 heteroatoms. The molecule has 2 aromatic heterocycles. The van der Waals surface area contributed by atoms with Crippen molar-refractivity contribution >= 4 is 28.9 Å². The Kier molecular flexibility index (Phi) is 2.88. The second-order valence-corrected chi connectivity index (χ2v) is 3.42. The molecule has 0 aromatic carbocycles. The first kappa shape index (κ1) is 11.3. The SMILES string of the molecule is Cc1cc(Nc2ncnc(Cl)c2[N+](=O)[O-])no1. The van der Waals surface area contributed by atoms with E-state index in [2.05, 4.69) is 20.4 Å². The topological polar surface area (TPSA) is 107 Å². The van der Waals surface area contributed by atoms with Crippen molar-refractivity contribution in [1.29, 1.82) is 0 Å². The van der Waals surface area contributed by atoms with Crippen LogP contribution >= 0.6 is 11.6 Å².